The molecule has 73 heavy (non-hydrogen) atoms. The van der Waals surface area contributed by atoms with Gasteiger partial charge in [0.25, 0.3) is 13.4 Å². The number of nitrogens with zero attached hydrogens (tertiary/aromatic N) is 4. The summed E-state index contributed by atoms with van der Waals surface area (Å²) in [7, 11) is 0. The molecule has 12 aromatic rings. The number of fused-ring (bicyclic) bond motifs is 12. The van der Waals surface area contributed by atoms with Gasteiger partial charge in [-0.05, 0) is 129 Å². The molecule has 0 unspecified atom stereocenters. The van der Waals surface area contributed by atoms with E-state index in [2.05, 4.69) is 274 Å². The van der Waals surface area contributed by atoms with Crippen LogP contribution in [0.1, 0.15) is 0 Å². The van der Waals surface area contributed by atoms with Crippen LogP contribution in [0.5, 0.6) is 0 Å². The van der Waals surface area contributed by atoms with Crippen molar-refractivity contribution in [3.8, 4) is 11.1 Å². The van der Waals surface area contributed by atoms with Crippen molar-refractivity contribution in [3.63, 3.8) is 0 Å². The van der Waals surface area contributed by atoms with Gasteiger partial charge >= 0.3 is 0 Å². The average molecular weight is 929 g/mol. The lowest BCUT2D eigenvalue weighted by Crippen LogP contribution is -2.65. The molecule has 4 aliphatic heterocycles. The molecule has 0 aliphatic carbocycles. The summed E-state index contributed by atoms with van der Waals surface area (Å²) in [6.45, 7) is -0.206. The van der Waals surface area contributed by atoms with Crippen LogP contribution in [0.4, 0.5) is 68.2 Å². The van der Waals surface area contributed by atoms with E-state index in [1.165, 1.54) is 61.0 Å². The van der Waals surface area contributed by atoms with Crippen LogP contribution in [-0.2, 0) is 0 Å². The van der Waals surface area contributed by atoms with E-state index in [0.717, 1.165) is 73.1 Å². The summed E-state index contributed by atoms with van der Waals surface area (Å²) in [6, 6.07) is 93.7. The normalized spacial score (nSPS) is 13.6. The first-order valence-electron chi connectivity index (χ1n) is 25.2. The van der Waals surface area contributed by atoms with Crippen LogP contribution in [0.15, 0.2) is 259 Å². The van der Waals surface area contributed by atoms with Crippen LogP contribution < -0.4 is 52.4 Å². The van der Waals surface area contributed by atoms with Crippen molar-refractivity contribution >= 4 is 136 Å². The molecule has 0 bridgehead atoms. The molecule has 5 heterocycles. The van der Waals surface area contributed by atoms with Crippen molar-refractivity contribution in [3.05, 3.63) is 255 Å². The van der Waals surface area contributed by atoms with Crippen molar-refractivity contribution in [2.75, 3.05) is 19.6 Å². The zero-order chi connectivity index (χ0) is 47.7. The summed E-state index contributed by atoms with van der Waals surface area (Å²) in [5.74, 6) is 0. The summed E-state index contributed by atoms with van der Waals surface area (Å²) < 4.78 is 6.97. The fourth-order valence-corrected chi connectivity index (χ4v) is 12.9. The Hall–Kier alpha value is -9.45. The SMILES string of the molecule is c1ccc(-c2cc3c4c(c2)N(c2ccccc2)c2cc5c(cc2B4c2ccccc2N3c2ccccc2)B2c3ccccc3N(c3ccccc3)c3cc4oc6ccccc6c4c(c32)N5c2ccccc2)cc1. The molecular formula is C66H42B2N4O. The number of para-hydroxylation sites is 7. The molecule has 0 saturated carbocycles. The van der Waals surface area contributed by atoms with Gasteiger partial charge in [-0.25, -0.2) is 0 Å². The van der Waals surface area contributed by atoms with Gasteiger partial charge in [0.15, 0.2) is 0 Å². The Bertz CT molecular complexity index is 4190. The summed E-state index contributed by atoms with van der Waals surface area (Å²) in [5.41, 5.74) is 25.4. The van der Waals surface area contributed by atoms with Crippen LogP contribution in [0.3, 0.4) is 0 Å². The molecule has 7 heteroatoms. The van der Waals surface area contributed by atoms with Gasteiger partial charge in [0, 0.05) is 74.0 Å². The van der Waals surface area contributed by atoms with Crippen molar-refractivity contribution in [2.24, 2.45) is 0 Å². The highest BCUT2D eigenvalue weighted by Gasteiger charge is 2.49. The fraction of sp³-hybridized carbons (Fsp3) is 0. The predicted octanol–water partition coefficient (Wildman–Crippen LogP) is 13.4. The number of furan rings is 1. The summed E-state index contributed by atoms with van der Waals surface area (Å²) in [6.07, 6.45) is 0. The van der Waals surface area contributed by atoms with Crippen LogP contribution in [-0.4, -0.2) is 13.4 Å². The Labute approximate surface area is 424 Å². The average Bonchev–Trinajstić information content (AvgIpc) is 3.88. The lowest BCUT2D eigenvalue weighted by atomic mass is 9.30. The highest BCUT2D eigenvalue weighted by atomic mass is 16.3. The standard InChI is InChI=1S/C66H42B2N4O/c1-6-22-43(23-7-1)44-38-58-64-59(39-44)71(47-28-12-4-13-29-47)56-41-57-53(40-52(56)67(64)50-33-17-19-35-54(50)69(58)45-24-8-2-9-25-45)68-51-34-18-20-36-55(51)70(46-26-10-3-11-27-46)60-42-62-63(49-32-16-21-37-61(49)73-62)66(65(60)68)72(57)48-30-14-5-15-31-48/h1-42H. The Morgan fingerprint density at radius 3 is 1.26 bits per heavy atom. The van der Waals surface area contributed by atoms with E-state index < -0.39 is 0 Å². The Morgan fingerprint density at radius 2 is 0.699 bits per heavy atom. The largest absolute Gasteiger partial charge is 0.456 e. The second-order valence-electron chi connectivity index (χ2n) is 19.6. The van der Waals surface area contributed by atoms with Crippen LogP contribution >= 0.6 is 0 Å². The molecule has 1 aromatic heterocycles. The highest BCUT2D eigenvalue weighted by Crippen LogP contribution is 2.52. The topological polar surface area (TPSA) is 26.1 Å². The fourth-order valence-electron chi connectivity index (χ4n) is 12.9. The minimum absolute atomic E-state index is 0.0859. The van der Waals surface area contributed by atoms with E-state index in [9.17, 15) is 0 Å². The second kappa shape index (κ2) is 15.5. The van der Waals surface area contributed by atoms with Crippen LogP contribution in [0.2, 0.25) is 0 Å². The van der Waals surface area contributed by atoms with Gasteiger partial charge in [0.05, 0.1) is 11.1 Å². The molecule has 0 fully saturated rings. The van der Waals surface area contributed by atoms with Gasteiger partial charge < -0.3 is 24.0 Å². The lowest BCUT2D eigenvalue weighted by Gasteiger charge is -2.47. The maximum atomic E-state index is 6.97. The van der Waals surface area contributed by atoms with Crippen molar-refractivity contribution in [2.45, 2.75) is 0 Å². The number of anilines is 12. The third kappa shape index (κ3) is 5.76. The molecule has 0 atom stereocenters. The van der Waals surface area contributed by atoms with Crippen molar-refractivity contribution in [1.29, 1.82) is 0 Å². The smallest absolute Gasteiger partial charge is 0.252 e. The van der Waals surface area contributed by atoms with Gasteiger partial charge in [0.2, 0.25) is 0 Å². The maximum absolute atomic E-state index is 6.97. The first-order chi connectivity index (χ1) is 36.3. The van der Waals surface area contributed by atoms with E-state index in [1.54, 1.807) is 0 Å². The van der Waals surface area contributed by atoms with E-state index in [0.29, 0.717) is 0 Å². The molecule has 0 amide bonds. The Kier molecular flexibility index (Phi) is 8.57. The summed E-state index contributed by atoms with van der Waals surface area (Å²) >= 11 is 0. The Morgan fingerprint density at radius 1 is 0.274 bits per heavy atom. The maximum Gasteiger partial charge on any atom is 0.252 e. The third-order valence-electron chi connectivity index (χ3n) is 15.7. The zero-order valence-corrected chi connectivity index (χ0v) is 39.6. The highest BCUT2D eigenvalue weighted by molar-refractivity contribution is 7.03. The summed E-state index contributed by atoms with van der Waals surface area (Å²) in [4.78, 5) is 10.1. The summed E-state index contributed by atoms with van der Waals surface area (Å²) in [5, 5.41) is 2.22. The molecule has 4 aliphatic rings. The molecule has 0 saturated heterocycles. The third-order valence-corrected chi connectivity index (χ3v) is 15.7. The van der Waals surface area contributed by atoms with Crippen molar-refractivity contribution < 1.29 is 4.42 Å². The number of benzene rings is 11. The first-order valence-corrected chi connectivity index (χ1v) is 25.2. The van der Waals surface area contributed by atoms with Crippen LogP contribution in [0.25, 0.3) is 33.1 Å². The van der Waals surface area contributed by atoms with Crippen LogP contribution in [0, 0.1) is 0 Å². The second-order valence-corrected chi connectivity index (χ2v) is 19.6. The number of rotatable bonds is 5. The molecule has 11 aromatic carbocycles. The molecule has 338 valence electrons. The predicted molar refractivity (Wildman–Crippen MR) is 307 cm³/mol. The van der Waals surface area contributed by atoms with Crippen molar-refractivity contribution in [1.82, 2.24) is 0 Å². The first kappa shape index (κ1) is 40.3. The molecule has 0 spiro atoms. The Balaban J connectivity index is 1.06. The lowest BCUT2D eigenvalue weighted by molar-refractivity contribution is 0.669. The minimum atomic E-state index is -0.120. The zero-order valence-electron chi connectivity index (χ0n) is 39.6. The van der Waals surface area contributed by atoms with Gasteiger partial charge in [0.1, 0.15) is 11.2 Å². The van der Waals surface area contributed by atoms with Gasteiger partial charge in [-0.1, -0.05) is 164 Å². The minimum Gasteiger partial charge on any atom is -0.456 e. The number of hydrogen-bond acceptors (Lipinski definition) is 5. The molecule has 5 nitrogen and oxygen atoms in total. The van der Waals surface area contributed by atoms with E-state index in [1.807, 2.05) is 0 Å². The van der Waals surface area contributed by atoms with Gasteiger partial charge in [-0.2, -0.15) is 0 Å². The van der Waals surface area contributed by atoms with Gasteiger partial charge in [-0.15, -0.1) is 0 Å². The molecule has 0 radical (unpaired) electrons. The van der Waals surface area contributed by atoms with Gasteiger partial charge in [-0.3, -0.25) is 0 Å². The number of hydrogen-bond donors (Lipinski definition) is 0. The van der Waals surface area contributed by atoms with E-state index >= 15 is 0 Å². The van der Waals surface area contributed by atoms with E-state index in [4.69, 9.17) is 4.42 Å². The molecule has 16 rings (SSSR count). The monoisotopic (exact) mass is 928 g/mol. The quantitative estimate of drug-likeness (QED) is 0.160. The molecular weight excluding hydrogens is 886 g/mol. The van der Waals surface area contributed by atoms with E-state index in [-0.39, 0.29) is 13.4 Å². The molecule has 0 N–H and O–H groups in total.